The summed E-state index contributed by atoms with van der Waals surface area (Å²) in [4.78, 5) is 28.1. The number of pyridine rings is 1. The number of ether oxygens (including phenoxy) is 1. The molecule has 3 rings (SSSR count). The largest absolute Gasteiger partial charge is 0.462 e. The molecular formula is C21H17IN2O3. The molecule has 1 aromatic heterocycles. The highest BCUT2D eigenvalue weighted by atomic mass is 127. The summed E-state index contributed by atoms with van der Waals surface area (Å²) < 4.78 is 5.85. The number of hydrogen-bond acceptors (Lipinski definition) is 4. The van der Waals surface area contributed by atoms with E-state index in [1.54, 1.807) is 18.3 Å². The minimum atomic E-state index is -0.344. The molecular weight excluding hydrogens is 455 g/mol. The lowest BCUT2D eigenvalue weighted by Crippen LogP contribution is -2.14. The first-order valence-corrected chi connectivity index (χ1v) is 9.37. The van der Waals surface area contributed by atoms with Crippen molar-refractivity contribution in [3.63, 3.8) is 0 Å². The van der Waals surface area contributed by atoms with Crippen molar-refractivity contribution in [2.75, 3.05) is 11.9 Å². The average Bonchev–Trinajstić information content (AvgIpc) is 2.66. The van der Waals surface area contributed by atoms with E-state index in [0.717, 1.165) is 20.0 Å². The van der Waals surface area contributed by atoms with Crippen molar-refractivity contribution >= 4 is 57.1 Å². The molecule has 1 amide bonds. The van der Waals surface area contributed by atoms with Crippen LogP contribution in [0.5, 0.6) is 0 Å². The summed E-state index contributed by atoms with van der Waals surface area (Å²) in [6, 6.07) is 15.1. The number of anilines is 1. The minimum Gasteiger partial charge on any atom is -0.462 e. The van der Waals surface area contributed by atoms with Crippen LogP contribution in [0.3, 0.4) is 0 Å². The number of fused-ring (bicyclic) bond motifs is 1. The maximum Gasteiger partial charge on any atom is 0.302 e. The van der Waals surface area contributed by atoms with Gasteiger partial charge in [-0.25, -0.2) is 0 Å². The van der Waals surface area contributed by atoms with E-state index in [4.69, 9.17) is 4.74 Å². The number of amides is 1. The molecule has 2 aromatic carbocycles. The molecule has 0 aliphatic rings. The number of halogens is 1. The highest BCUT2D eigenvalue weighted by Crippen LogP contribution is 2.23. The Morgan fingerprint density at radius 2 is 2.00 bits per heavy atom. The molecule has 0 bridgehead atoms. The molecule has 5 nitrogen and oxygen atoms in total. The molecule has 0 radical (unpaired) electrons. The van der Waals surface area contributed by atoms with Crippen LogP contribution in [0.25, 0.3) is 17.0 Å². The van der Waals surface area contributed by atoms with Crippen molar-refractivity contribution in [3.8, 4) is 0 Å². The number of nitrogens with one attached hydrogen (secondary N) is 1. The number of rotatable bonds is 5. The van der Waals surface area contributed by atoms with Crippen LogP contribution < -0.4 is 5.32 Å². The zero-order valence-electron chi connectivity index (χ0n) is 14.6. The molecule has 3 aromatic rings. The van der Waals surface area contributed by atoms with Gasteiger partial charge in [0.2, 0.25) is 0 Å². The molecule has 6 heteroatoms. The predicted octanol–water partition coefficient (Wildman–Crippen LogP) is 4.67. The van der Waals surface area contributed by atoms with E-state index in [-0.39, 0.29) is 18.5 Å². The second-order valence-electron chi connectivity index (χ2n) is 5.77. The van der Waals surface area contributed by atoms with Gasteiger partial charge in [-0.2, -0.15) is 0 Å². The quantitative estimate of drug-likeness (QED) is 0.433. The first kappa shape index (κ1) is 19.0. The third-order valence-corrected chi connectivity index (χ3v) is 4.49. The summed E-state index contributed by atoms with van der Waals surface area (Å²) in [6.07, 6.45) is 5.18. The van der Waals surface area contributed by atoms with Gasteiger partial charge in [0.1, 0.15) is 6.61 Å². The lowest BCUT2D eigenvalue weighted by molar-refractivity contribution is -0.139. The number of benzene rings is 2. The van der Waals surface area contributed by atoms with Gasteiger partial charge in [-0.3, -0.25) is 14.6 Å². The van der Waals surface area contributed by atoms with Gasteiger partial charge in [-0.15, -0.1) is 0 Å². The fourth-order valence-corrected chi connectivity index (χ4v) is 3.10. The van der Waals surface area contributed by atoms with Crippen LogP contribution in [0.1, 0.15) is 22.8 Å². The van der Waals surface area contributed by atoms with Crippen LogP contribution in [-0.2, 0) is 9.53 Å². The van der Waals surface area contributed by atoms with E-state index in [0.29, 0.717) is 11.3 Å². The van der Waals surface area contributed by atoms with Gasteiger partial charge in [-0.05, 0) is 58.5 Å². The van der Waals surface area contributed by atoms with Crippen molar-refractivity contribution in [1.82, 2.24) is 4.98 Å². The van der Waals surface area contributed by atoms with E-state index in [2.05, 4.69) is 32.9 Å². The van der Waals surface area contributed by atoms with Crippen LogP contribution in [0.2, 0.25) is 0 Å². The molecule has 0 aliphatic heterocycles. The summed E-state index contributed by atoms with van der Waals surface area (Å²) in [6.45, 7) is 1.52. The van der Waals surface area contributed by atoms with Gasteiger partial charge in [0.25, 0.3) is 5.91 Å². The summed E-state index contributed by atoms with van der Waals surface area (Å²) in [5.41, 5.74) is 2.68. The van der Waals surface area contributed by atoms with E-state index in [1.807, 2.05) is 48.5 Å². The Morgan fingerprint density at radius 3 is 2.81 bits per heavy atom. The number of aromatic nitrogens is 1. The standard InChI is InChI=1S/C21H17IN2O3/c1-14(25)27-12-4-7-15-9-10-17(22)13-18(15)21(26)24-19-8-2-5-16-6-3-11-23-20(16)19/h2-11,13H,12H2,1H3,(H,24,26)/b7-4+. The fraction of sp³-hybridized carbons (Fsp3) is 0.0952. The minimum absolute atomic E-state index is 0.162. The van der Waals surface area contributed by atoms with Crippen LogP contribution in [0.15, 0.2) is 60.8 Å². The fourth-order valence-electron chi connectivity index (χ4n) is 2.61. The topological polar surface area (TPSA) is 68.3 Å². The third kappa shape index (κ3) is 4.91. The number of para-hydroxylation sites is 1. The number of hydrogen-bond donors (Lipinski definition) is 1. The average molecular weight is 472 g/mol. The Hall–Kier alpha value is -2.74. The van der Waals surface area contributed by atoms with Crippen LogP contribution >= 0.6 is 22.6 Å². The number of carbonyl (C=O) groups is 2. The Bertz CT molecular complexity index is 1030. The third-order valence-electron chi connectivity index (χ3n) is 3.82. The lowest BCUT2D eigenvalue weighted by atomic mass is 10.1. The van der Waals surface area contributed by atoms with E-state index in [1.165, 1.54) is 6.92 Å². The lowest BCUT2D eigenvalue weighted by Gasteiger charge is -2.10. The van der Waals surface area contributed by atoms with Crippen molar-refractivity contribution in [1.29, 1.82) is 0 Å². The van der Waals surface area contributed by atoms with Crippen LogP contribution in [0, 0.1) is 3.57 Å². The Morgan fingerprint density at radius 1 is 1.19 bits per heavy atom. The zero-order valence-corrected chi connectivity index (χ0v) is 16.8. The first-order valence-electron chi connectivity index (χ1n) is 8.29. The summed E-state index contributed by atoms with van der Waals surface area (Å²) in [5, 5.41) is 3.91. The highest BCUT2D eigenvalue weighted by Gasteiger charge is 2.13. The normalized spacial score (nSPS) is 10.9. The van der Waals surface area contributed by atoms with Gasteiger partial charge < -0.3 is 10.1 Å². The van der Waals surface area contributed by atoms with Gasteiger partial charge in [0, 0.05) is 27.6 Å². The maximum atomic E-state index is 12.9. The molecule has 136 valence electrons. The molecule has 0 saturated heterocycles. The number of nitrogens with zero attached hydrogens (tertiary/aromatic N) is 1. The van der Waals surface area contributed by atoms with Crippen molar-refractivity contribution < 1.29 is 14.3 Å². The SMILES string of the molecule is CC(=O)OC/C=C/c1ccc(I)cc1C(=O)Nc1cccc2cccnc12. The smallest absolute Gasteiger partial charge is 0.302 e. The number of carbonyl (C=O) groups excluding carboxylic acids is 2. The summed E-state index contributed by atoms with van der Waals surface area (Å²) >= 11 is 2.17. The van der Waals surface area contributed by atoms with Crippen molar-refractivity contribution in [3.05, 3.63) is 75.5 Å². The molecule has 0 aliphatic carbocycles. The second-order valence-corrected chi connectivity index (χ2v) is 7.02. The van der Waals surface area contributed by atoms with Gasteiger partial charge >= 0.3 is 5.97 Å². The first-order chi connectivity index (χ1) is 13.0. The molecule has 0 atom stereocenters. The predicted molar refractivity (Wildman–Crippen MR) is 115 cm³/mol. The van der Waals surface area contributed by atoms with Crippen molar-refractivity contribution in [2.45, 2.75) is 6.92 Å². The zero-order chi connectivity index (χ0) is 19.2. The van der Waals surface area contributed by atoms with Crippen LogP contribution in [0.4, 0.5) is 5.69 Å². The molecule has 1 heterocycles. The summed E-state index contributed by atoms with van der Waals surface area (Å²) in [5.74, 6) is -0.567. The Balaban J connectivity index is 1.87. The van der Waals surface area contributed by atoms with Gasteiger partial charge in [0.15, 0.2) is 0 Å². The number of esters is 1. The monoisotopic (exact) mass is 472 g/mol. The van der Waals surface area contributed by atoms with Gasteiger partial charge in [-0.1, -0.05) is 30.3 Å². The molecule has 0 saturated carbocycles. The van der Waals surface area contributed by atoms with E-state index >= 15 is 0 Å². The van der Waals surface area contributed by atoms with E-state index in [9.17, 15) is 9.59 Å². The highest BCUT2D eigenvalue weighted by molar-refractivity contribution is 14.1. The Kier molecular flexibility index (Phi) is 6.18. The van der Waals surface area contributed by atoms with Crippen LogP contribution in [-0.4, -0.2) is 23.5 Å². The second kappa shape index (κ2) is 8.77. The van der Waals surface area contributed by atoms with E-state index < -0.39 is 0 Å². The summed E-state index contributed by atoms with van der Waals surface area (Å²) in [7, 11) is 0. The maximum absolute atomic E-state index is 12.9. The molecule has 0 fully saturated rings. The molecule has 0 spiro atoms. The van der Waals surface area contributed by atoms with Gasteiger partial charge in [0.05, 0.1) is 11.2 Å². The Labute approximate surface area is 170 Å². The van der Waals surface area contributed by atoms with Crippen molar-refractivity contribution in [2.24, 2.45) is 0 Å². The molecule has 0 unspecified atom stereocenters. The molecule has 27 heavy (non-hydrogen) atoms. The molecule has 1 N–H and O–H groups in total.